The van der Waals surface area contributed by atoms with Crippen molar-refractivity contribution in [1.82, 2.24) is 0 Å². The summed E-state index contributed by atoms with van der Waals surface area (Å²) in [6.07, 6.45) is 10.5. The van der Waals surface area contributed by atoms with Gasteiger partial charge in [-0.1, -0.05) is 51.9 Å². The molecule has 0 saturated heterocycles. The highest BCUT2D eigenvalue weighted by Gasteiger charge is 1.97. The number of unbranched alkanes of at least 4 members (excludes halogenated alkanes) is 7. The van der Waals surface area contributed by atoms with Crippen LogP contribution < -0.4 is 0 Å². The molecule has 0 heterocycles. The predicted molar refractivity (Wildman–Crippen MR) is 178 cm³/mol. The summed E-state index contributed by atoms with van der Waals surface area (Å²) in [5.74, 6) is 0. The van der Waals surface area contributed by atoms with Crippen molar-refractivity contribution < 1.29 is 56.8 Å². The summed E-state index contributed by atoms with van der Waals surface area (Å²) in [6, 6.07) is 0. The van der Waals surface area contributed by atoms with Gasteiger partial charge in [0.05, 0.1) is 145 Å². The van der Waals surface area contributed by atoms with E-state index in [9.17, 15) is 0 Å². The monoisotopic (exact) mass is 670 g/mol. The van der Waals surface area contributed by atoms with Crippen LogP contribution in [-0.4, -0.2) is 159 Å². The quantitative estimate of drug-likeness (QED) is 0.0861. The van der Waals surface area contributed by atoms with E-state index in [0.29, 0.717) is 152 Å². The molecule has 0 N–H and O–H groups in total. The molecule has 0 saturated carbocycles. The van der Waals surface area contributed by atoms with Gasteiger partial charge in [0, 0.05) is 13.2 Å². The first-order valence-corrected chi connectivity index (χ1v) is 17.8. The van der Waals surface area contributed by atoms with Crippen LogP contribution in [0.2, 0.25) is 0 Å². The highest BCUT2D eigenvalue weighted by Crippen LogP contribution is 2.08. The van der Waals surface area contributed by atoms with Crippen molar-refractivity contribution in [2.45, 2.75) is 65.2 Å². The van der Waals surface area contributed by atoms with Crippen molar-refractivity contribution >= 4 is 0 Å². The second-order valence-electron chi connectivity index (χ2n) is 10.4. The van der Waals surface area contributed by atoms with Crippen LogP contribution in [0.3, 0.4) is 0 Å². The van der Waals surface area contributed by atoms with Crippen molar-refractivity contribution in [2.75, 3.05) is 159 Å². The number of hydrogen-bond acceptors (Lipinski definition) is 12. The lowest BCUT2D eigenvalue weighted by atomic mass is 10.1. The van der Waals surface area contributed by atoms with E-state index in [-0.39, 0.29) is 0 Å². The molecular formula is C34H70O12. The standard InChI is InChI=1S/C34H70O12/c1-3-5-6-7-8-9-10-11-12-36-15-16-38-19-20-40-23-24-42-27-28-44-31-32-46-34-33-45-30-29-43-26-25-41-22-21-39-18-17-37-14-13-35-4-2/h3-34H2,1-2H3. The van der Waals surface area contributed by atoms with Crippen LogP contribution in [-0.2, 0) is 56.8 Å². The Bertz CT molecular complexity index is 475. The van der Waals surface area contributed by atoms with Gasteiger partial charge in [-0.15, -0.1) is 0 Å². The molecule has 0 bridgehead atoms. The molecule has 0 spiro atoms. The molecule has 0 radical (unpaired) electrons. The first-order valence-electron chi connectivity index (χ1n) is 17.8. The lowest BCUT2D eigenvalue weighted by Gasteiger charge is -2.09. The third-order valence-electron chi connectivity index (χ3n) is 6.44. The molecule has 0 amide bonds. The molecule has 0 unspecified atom stereocenters. The minimum atomic E-state index is 0.522. The maximum Gasteiger partial charge on any atom is 0.0701 e. The van der Waals surface area contributed by atoms with Gasteiger partial charge in [0.2, 0.25) is 0 Å². The molecule has 278 valence electrons. The van der Waals surface area contributed by atoms with E-state index in [1.807, 2.05) is 6.92 Å². The predicted octanol–water partition coefficient (Wildman–Crippen LogP) is 4.35. The maximum atomic E-state index is 5.62. The van der Waals surface area contributed by atoms with Gasteiger partial charge in [0.1, 0.15) is 0 Å². The molecule has 0 aliphatic carbocycles. The van der Waals surface area contributed by atoms with Crippen LogP contribution in [0.25, 0.3) is 0 Å². The zero-order chi connectivity index (χ0) is 33.1. The van der Waals surface area contributed by atoms with E-state index in [0.717, 1.165) is 13.0 Å². The Balaban J connectivity index is 3.03. The molecule has 12 heteroatoms. The fraction of sp³-hybridized carbons (Fsp3) is 1.00. The Morgan fingerprint density at radius 2 is 0.391 bits per heavy atom. The average molecular weight is 671 g/mol. The minimum Gasteiger partial charge on any atom is -0.379 e. The summed E-state index contributed by atoms with van der Waals surface area (Å²) in [4.78, 5) is 0. The third kappa shape index (κ3) is 43.5. The maximum absolute atomic E-state index is 5.62. The summed E-state index contributed by atoms with van der Waals surface area (Å²) in [7, 11) is 0. The van der Waals surface area contributed by atoms with Crippen molar-refractivity contribution in [1.29, 1.82) is 0 Å². The highest BCUT2D eigenvalue weighted by atomic mass is 16.6. The smallest absolute Gasteiger partial charge is 0.0701 e. The van der Waals surface area contributed by atoms with Crippen LogP contribution in [0, 0.1) is 0 Å². The van der Waals surface area contributed by atoms with Gasteiger partial charge in [0.15, 0.2) is 0 Å². The fourth-order valence-corrected chi connectivity index (χ4v) is 3.90. The molecule has 46 heavy (non-hydrogen) atoms. The van der Waals surface area contributed by atoms with E-state index in [1.54, 1.807) is 0 Å². The molecule has 0 fully saturated rings. The first kappa shape index (κ1) is 45.5. The lowest BCUT2D eigenvalue weighted by molar-refractivity contribution is -0.0282. The topological polar surface area (TPSA) is 111 Å². The zero-order valence-corrected chi connectivity index (χ0v) is 29.5. The molecule has 0 aromatic heterocycles. The molecule has 0 aromatic rings. The molecule has 0 atom stereocenters. The SMILES string of the molecule is CCCCCCCCCCOCCOCCOCCOCCOCCOCCOCCOCCOCCOCCOCCOCC. The van der Waals surface area contributed by atoms with Gasteiger partial charge in [-0.25, -0.2) is 0 Å². The fourth-order valence-electron chi connectivity index (χ4n) is 3.90. The summed E-state index contributed by atoms with van der Waals surface area (Å²) in [5.41, 5.74) is 0. The van der Waals surface area contributed by atoms with Crippen LogP contribution in [0.1, 0.15) is 65.2 Å². The first-order chi connectivity index (χ1) is 22.9. The second kappa shape index (κ2) is 44.5. The Morgan fingerprint density at radius 3 is 0.630 bits per heavy atom. The summed E-state index contributed by atoms with van der Waals surface area (Å²) < 4.78 is 65.5. The Labute approximate surface area is 280 Å². The molecular weight excluding hydrogens is 600 g/mol. The zero-order valence-electron chi connectivity index (χ0n) is 29.5. The molecule has 0 aliphatic heterocycles. The second-order valence-corrected chi connectivity index (χ2v) is 10.4. The third-order valence-corrected chi connectivity index (χ3v) is 6.44. The van der Waals surface area contributed by atoms with E-state index < -0.39 is 0 Å². The molecule has 0 aliphatic rings. The van der Waals surface area contributed by atoms with Gasteiger partial charge in [-0.3, -0.25) is 0 Å². The van der Waals surface area contributed by atoms with Gasteiger partial charge in [0.25, 0.3) is 0 Å². The van der Waals surface area contributed by atoms with Gasteiger partial charge in [-0.2, -0.15) is 0 Å². The number of ether oxygens (including phenoxy) is 12. The van der Waals surface area contributed by atoms with Crippen LogP contribution in [0.15, 0.2) is 0 Å². The van der Waals surface area contributed by atoms with Crippen molar-refractivity contribution in [3.63, 3.8) is 0 Å². The van der Waals surface area contributed by atoms with Crippen molar-refractivity contribution in [3.05, 3.63) is 0 Å². The molecule has 0 aromatic carbocycles. The van der Waals surface area contributed by atoms with E-state index in [2.05, 4.69) is 6.92 Å². The Hall–Kier alpha value is -0.480. The van der Waals surface area contributed by atoms with Gasteiger partial charge >= 0.3 is 0 Å². The molecule has 12 nitrogen and oxygen atoms in total. The van der Waals surface area contributed by atoms with Crippen LogP contribution in [0.5, 0.6) is 0 Å². The van der Waals surface area contributed by atoms with Crippen LogP contribution in [0.4, 0.5) is 0 Å². The lowest BCUT2D eigenvalue weighted by Crippen LogP contribution is -2.15. The van der Waals surface area contributed by atoms with E-state index >= 15 is 0 Å². The average Bonchev–Trinajstić information content (AvgIpc) is 3.07. The largest absolute Gasteiger partial charge is 0.379 e. The summed E-state index contributed by atoms with van der Waals surface area (Å²) in [5, 5.41) is 0. The van der Waals surface area contributed by atoms with Crippen molar-refractivity contribution in [2.24, 2.45) is 0 Å². The normalized spacial score (nSPS) is 11.6. The van der Waals surface area contributed by atoms with Crippen LogP contribution >= 0.6 is 0 Å². The van der Waals surface area contributed by atoms with Gasteiger partial charge in [-0.05, 0) is 13.3 Å². The van der Waals surface area contributed by atoms with E-state index in [4.69, 9.17) is 56.8 Å². The highest BCUT2D eigenvalue weighted by molar-refractivity contribution is 4.46. The summed E-state index contributed by atoms with van der Waals surface area (Å²) >= 11 is 0. The Kier molecular flexibility index (Phi) is 44.1. The minimum absolute atomic E-state index is 0.522. The molecule has 0 rings (SSSR count). The summed E-state index contributed by atoms with van der Waals surface area (Å²) in [6.45, 7) is 17.9. The van der Waals surface area contributed by atoms with Crippen molar-refractivity contribution in [3.8, 4) is 0 Å². The number of hydrogen-bond donors (Lipinski definition) is 0. The van der Waals surface area contributed by atoms with Gasteiger partial charge < -0.3 is 56.8 Å². The Morgan fingerprint density at radius 1 is 0.196 bits per heavy atom. The van der Waals surface area contributed by atoms with E-state index in [1.165, 1.54) is 44.9 Å². The number of rotatable bonds is 43.